The fourth-order valence-electron chi connectivity index (χ4n) is 2.77. The van der Waals surface area contributed by atoms with Crippen molar-refractivity contribution in [2.24, 2.45) is 5.92 Å². The summed E-state index contributed by atoms with van der Waals surface area (Å²) in [7, 11) is 1.89. The first-order valence-electron chi connectivity index (χ1n) is 6.84. The van der Waals surface area contributed by atoms with Crippen LogP contribution in [0.3, 0.4) is 0 Å². The highest BCUT2D eigenvalue weighted by Crippen LogP contribution is 2.33. The molecule has 1 aliphatic heterocycles. The summed E-state index contributed by atoms with van der Waals surface area (Å²) in [6.07, 6.45) is 2.16. The average molecular weight is 362 g/mol. The second-order valence-electron chi connectivity index (χ2n) is 5.20. The lowest BCUT2D eigenvalue weighted by Crippen LogP contribution is -2.38. The molecule has 3 nitrogen and oxygen atoms in total. The molecule has 1 N–H and O–H groups in total. The van der Waals surface area contributed by atoms with Crippen LogP contribution in [-0.2, 0) is 4.79 Å². The van der Waals surface area contributed by atoms with Gasteiger partial charge in [0.1, 0.15) is 0 Å². The third kappa shape index (κ3) is 3.96. The SMILES string of the molecule is CNCC(C)C(=O)N1CCCC1c1cccc(Br)c1.Cl. The number of carbonyl (C=O) groups excluding carboxylic acids is 1. The monoisotopic (exact) mass is 360 g/mol. The van der Waals surface area contributed by atoms with Gasteiger partial charge in [-0.15, -0.1) is 12.4 Å². The zero-order valence-electron chi connectivity index (χ0n) is 11.9. The topological polar surface area (TPSA) is 32.3 Å². The van der Waals surface area contributed by atoms with E-state index in [1.54, 1.807) is 0 Å². The summed E-state index contributed by atoms with van der Waals surface area (Å²) in [6.45, 7) is 3.61. The maximum absolute atomic E-state index is 12.5. The minimum absolute atomic E-state index is 0. The van der Waals surface area contributed by atoms with Gasteiger partial charge in [-0.2, -0.15) is 0 Å². The van der Waals surface area contributed by atoms with Crippen LogP contribution in [0.15, 0.2) is 28.7 Å². The van der Waals surface area contributed by atoms with E-state index >= 15 is 0 Å². The Kier molecular flexibility index (Phi) is 7.00. The average Bonchev–Trinajstić information content (AvgIpc) is 2.87. The Morgan fingerprint density at radius 1 is 1.55 bits per heavy atom. The van der Waals surface area contributed by atoms with Gasteiger partial charge in [0.25, 0.3) is 0 Å². The van der Waals surface area contributed by atoms with Crippen molar-refractivity contribution >= 4 is 34.2 Å². The second kappa shape index (κ2) is 8.01. The van der Waals surface area contributed by atoms with Crippen molar-refractivity contribution < 1.29 is 4.79 Å². The third-order valence-electron chi connectivity index (χ3n) is 3.70. The molecule has 1 aromatic rings. The first-order valence-corrected chi connectivity index (χ1v) is 7.63. The lowest BCUT2D eigenvalue weighted by Gasteiger charge is -2.28. The number of rotatable bonds is 4. The van der Waals surface area contributed by atoms with E-state index in [2.05, 4.69) is 33.4 Å². The lowest BCUT2D eigenvalue weighted by atomic mass is 10.0. The van der Waals surface area contributed by atoms with E-state index in [0.29, 0.717) is 0 Å². The van der Waals surface area contributed by atoms with E-state index in [0.717, 1.165) is 30.4 Å². The molecule has 20 heavy (non-hydrogen) atoms. The zero-order valence-corrected chi connectivity index (χ0v) is 14.3. The Bertz CT molecular complexity index is 455. The molecule has 1 aromatic carbocycles. The highest BCUT2D eigenvalue weighted by Gasteiger charge is 2.32. The quantitative estimate of drug-likeness (QED) is 0.891. The first kappa shape index (κ1) is 17.5. The minimum Gasteiger partial charge on any atom is -0.335 e. The molecule has 0 aliphatic carbocycles. The summed E-state index contributed by atoms with van der Waals surface area (Å²) in [5.41, 5.74) is 1.23. The fraction of sp³-hybridized carbons (Fsp3) is 0.533. The van der Waals surface area contributed by atoms with Crippen LogP contribution in [0, 0.1) is 5.92 Å². The Labute approximate surface area is 135 Å². The predicted octanol–water partition coefficient (Wildman–Crippen LogP) is 3.39. The van der Waals surface area contributed by atoms with Gasteiger partial charge >= 0.3 is 0 Å². The van der Waals surface area contributed by atoms with E-state index in [9.17, 15) is 4.79 Å². The molecule has 1 amide bonds. The molecule has 0 aromatic heterocycles. The van der Waals surface area contributed by atoms with E-state index in [4.69, 9.17) is 0 Å². The van der Waals surface area contributed by atoms with Crippen molar-refractivity contribution in [2.75, 3.05) is 20.1 Å². The van der Waals surface area contributed by atoms with Crippen LogP contribution in [0.25, 0.3) is 0 Å². The molecule has 0 radical (unpaired) electrons. The summed E-state index contributed by atoms with van der Waals surface area (Å²) in [5.74, 6) is 0.301. The van der Waals surface area contributed by atoms with Crippen molar-refractivity contribution in [3.05, 3.63) is 34.3 Å². The Morgan fingerprint density at radius 2 is 2.30 bits per heavy atom. The van der Waals surface area contributed by atoms with Gasteiger partial charge in [-0.05, 0) is 37.6 Å². The van der Waals surface area contributed by atoms with Crippen molar-refractivity contribution in [2.45, 2.75) is 25.8 Å². The van der Waals surface area contributed by atoms with E-state index in [1.807, 2.05) is 31.0 Å². The van der Waals surface area contributed by atoms with E-state index in [-0.39, 0.29) is 30.3 Å². The Balaban J connectivity index is 0.00000200. The Hall–Kier alpha value is -0.580. The van der Waals surface area contributed by atoms with Gasteiger partial charge in [0, 0.05) is 23.5 Å². The van der Waals surface area contributed by atoms with Crippen molar-refractivity contribution in [3.8, 4) is 0 Å². The van der Waals surface area contributed by atoms with Gasteiger partial charge in [-0.1, -0.05) is 35.0 Å². The number of hydrogen-bond donors (Lipinski definition) is 1. The Morgan fingerprint density at radius 3 is 2.95 bits per heavy atom. The largest absolute Gasteiger partial charge is 0.335 e. The van der Waals surface area contributed by atoms with Gasteiger partial charge < -0.3 is 10.2 Å². The number of hydrogen-bond acceptors (Lipinski definition) is 2. The smallest absolute Gasteiger partial charge is 0.227 e. The number of benzene rings is 1. The number of likely N-dealkylation sites (tertiary alicyclic amines) is 1. The molecule has 0 spiro atoms. The summed E-state index contributed by atoms with van der Waals surface area (Å²) in [6, 6.07) is 8.54. The summed E-state index contributed by atoms with van der Waals surface area (Å²) < 4.78 is 1.08. The van der Waals surface area contributed by atoms with Crippen LogP contribution in [0.4, 0.5) is 0 Å². The van der Waals surface area contributed by atoms with Crippen LogP contribution in [0.1, 0.15) is 31.4 Å². The minimum atomic E-state index is 0. The molecule has 0 bridgehead atoms. The standard InChI is InChI=1S/C15H21BrN2O.ClH/c1-11(10-17-2)15(19)18-8-4-7-14(18)12-5-3-6-13(16)9-12;/h3,5-6,9,11,14,17H,4,7-8,10H2,1-2H3;1H. The van der Waals surface area contributed by atoms with Gasteiger partial charge in [-0.3, -0.25) is 4.79 Å². The van der Waals surface area contributed by atoms with Crippen LogP contribution in [0.2, 0.25) is 0 Å². The van der Waals surface area contributed by atoms with E-state index < -0.39 is 0 Å². The molecule has 2 unspecified atom stereocenters. The van der Waals surface area contributed by atoms with Crippen LogP contribution >= 0.6 is 28.3 Å². The van der Waals surface area contributed by atoms with Crippen molar-refractivity contribution in [1.29, 1.82) is 0 Å². The first-order chi connectivity index (χ1) is 9.13. The molecule has 2 rings (SSSR count). The molecular formula is C15H22BrClN2O. The number of nitrogens with zero attached hydrogens (tertiary/aromatic N) is 1. The molecule has 1 heterocycles. The molecule has 112 valence electrons. The molecular weight excluding hydrogens is 340 g/mol. The molecule has 2 atom stereocenters. The number of halogens is 2. The lowest BCUT2D eigenvalue weighted by molar-refractivity contribution is -0.135. The summed E-state index contributed by atoms with van der Waals surface area (Å²) in [5, 5.41) is 3.08. The molecule has 1 saturated heterocycles. The summed E-state index contributed by atoms with van der Waals surface area (Å²) in [4.78, 5) is 14.5. The third-order valence-corrected chi connectivity index (χ3v) is 4.19. The second-order valence-corrected chi connectivity index (χ2v) is 6.12. The number of amides is 1. The van der Waals surface area contributed by atoms with Gasteiger partial charge in [0.05, 0.1) is 6.04 Å². The molecule has 5 heteroatoms. The highest BCUT2D eigenvalue weighted by atomic mass is 79.9. The molecule has 1 aliphatic rings. The fourth-order valence-corrected chi connectivity index (χ4v) is 3.18. The zero-order chi connectivity index (χ0) is 13.8. The van der Waals surface area contributed by atoms with Gasteiger partial charge in [0.15, 0.2) is 0 Å². The molecule has 0 saturated carbocycles. The van der Waals surface area contributed by atoms with Crippen LogP contribution in [-0.4, -0.2) is 30.9 Å². The van der Waals surface area contributed by atoms with Gasteiger partial charge in [0.2, 0.25) is 5.91 Å². The van der Waals surface area contributed by atoms with E-state index in [1.165, 1.54) is 5.56 Å². The van der Waals surface area contributed by atoms with Crippen molar-refractivity contribution in [3.63, 3.8) is 0 Å². The number of carbonyl (C=O) groups is 1. The highest BCUT2D eigenvalue weighted by molar-refractivity contribution is 9.10. The van der Waals surface area contributed by atoms with Crippen LogP contribution in [0.5, 0.6) is 0 Å². The maximum Gasteiger partial charge on any atom is 0.227 e. The molecule has 1 fully saturated rings. The maximum atomic E-state index is 12.5. The normalized spacial score (nSPS) is 19.6. The van der Waals surface area contributed by atoms with Gasteiger partial charge in [-0.25, -0.2) is 0 Å². The predicted molar refractivity (Wildman–Crippen MR) is 88.2 cm³/mol. The van der Waals surface area contributed by atoms with Crippen molar-refractivity contribution in [1.82, 2.24) is 10.2 Å². The number of nitrogens with one attached hydrogen (secondary N) is 1. The van der Waals surface area contributed by atoms with Crippen LogP contribution < -0.4 is 5.32 Å². The summed E-state index contributed by atoms with van der Waals surface area (Å²) >= 11 is 3.51.